The number of hydrogen-bond acceptors (Lipinski definition) is 4. The summed E-state index contributed by atoms with van der Waals surface area (Å²) in [7, 11) is 1.82. The van der Waals surface area contributed by atoms with Crippen LogP contribution in [0.4, 0.5) is 5.69 Å². The lowest BCUT2D eigenvalue weighted by Crippen LogP contribution is -2.45. The van der Waals surface area contributed by atoms with Crippen LogP contribution in [0.15, 0.2) is 89.7 Å². The van der Waals surface area contributed by atoms with Gasteiger partial charge in [-0.2, -0.15) is 0 Å². The molecule has 1 aliphatic rings. The Hall–Kier alpha value is -3.94. The molecule has 0 bridgehead atoms. The van der Waals surface area contributed by atoms with Gasteiger partial charge in [-0.05, 0) is 42.3 Å². The number of benzene rings is 3. The highest BCUT2D eigenvalue weighted by Gasteiger charge is 2.20. The molecule has 0 aliphatic carbocycles. The van der Waals surface area contributed by atoms with Crippen LogP contribution < -0.4 is 10.9 Å². The Balaban J connectivity index is 1.18. The monoisotopic (exact) mass is 495 g/mol. The van der Waals surface area contributed by atoms with Crippen molar-refractivity contribution < 1.29 is 4.79 Å². The Morgan fingerprint density at radius 1 is 0.757 bits per heavy atom. The number of carbonyl (C=O) groups excluding carboxylic acids is 1. The molecule has 5 rings (SSSR count). The van der Waals surface area contributed by atoms with Crippen LogP contribution >= 0.6 is 0 Å². The second-order valence-corrected chi connectivity index (χ2v) is 9.63. The maximum atomic E-state index is 13.1. The Labute approximate surface area is 217 Å². The number of nitrogens with one attached hydrogen (secondary N) is 1. The first-order valence-electron chi connectivity index (χ1n) is 12.7. The van der Waals surface area contributed by atoms with Crippen molar-refractivity contribution >= 4 is 11.6 Å². The highest BCUT2D eigenvalue weighted by Crippen LogP contribution is 2.16. The molecule has 1 aliphatic heterocycles. The average molecular weight is 496 g/mol. The summed E-state index contributed by atoms with van der Waals surface area (Å²) < 4.78 is 3.32. The number of aromatic nitrogens is 2. The summed E-state index contributed by atoms with van der Waals surface area (Å²) in [4.78, 5) is 31.0. The van der Waals surface area contributed by atoms with E-state index in [0.717, 1.165) is 45.0 Å². The highest BCUT2D eigenvalue weighted by molar-refractivity contribution is 6.04. The molecule has 0 radical (unpaired) electrons. The summed E-state index contributed by atoms with van der Waals surface area (Å²) >= 11 is 0. The van der Waals surface area contributed by atoms with Crippen LogP contribution in [0.3, 0.4) is 0 Å². The fourth-order valence-corrected chi connectivity index (χ4v) is 4.86. The summed E-state index contributed by atoms with van der Waals surface area (Å²) in [6.45, 7) is 7.83. The maximum Gasteiger partial charge on any atom is 0.295 e. The number of para-hydroxylation sites is 1. The van der Waals surface area contributed by atoms with Gasteiger partial charge in [-0.1, -0.05) is 60.7 Å². The lowest BCUT2D eigenvalue weighted by Gasteiger charge is -2.34. The molecule has 2 heterocycles. The molecule has 0 spiro atoms. The molecule has 4 aromatic rings. The molecule has 1 fully saturated rings. The van der Waals surface area contributed by atoms with E-state index in [1.165, 1.54) is 11.1 Å². The first kappa shape index (κ1) is 24.7. The van der Waals surface area contributed by atoms with Gasteiger partial charge in [-0.3, -0.25) is 24.1 Å². The zero-order chi connectivity index (χ0) is 25.8. The molecule has 7 nitrogen and oxygen atoms in total. The SMILES string of the molecule is Cc1c(NC(=O)c2ccc(CN3CCN(Cc4ccccc4)CC3)cc2)c(=O)n(-c2ccccc2)n1C. The summed E-state index contributed by atoms with van der Waals surface area (Å²) in [5.41, 5.74) is 4.57. The van der Waals surface area contributed by atoms with Crippen molar-refractivity contribution in [2.24, 2.45) is 7.05 Å². The van der Waals surface area contributed by atoms with Crippen molar-refractivity contribution in [1.82, 2.24) is 19.2 Å². The summed E-state index contributed by atoms with van der Waals surface area (Å²) in [5, 5.41) is 2.84. The van der Waals surface area contributed by atoms with Gasteiger partial charge in [0.25, 0.3) is 11.5 Å². The number of rotatable bonds is 7. The molecule has 0 unspecified atom stereocenters. The Bertz CT molecular complexity index is 1400. The largest absolute Gasteiger partial charge is 0.316 e. The minimum absolute atomic E-state index is 0.248. The smallest absolute Gasteiger partial charge is 0.295 e. The van der Waals surface area contributed by atoms with Gasteiger partial charge in [-0.15, -0.1) is 0 Å². The predicted molar refractivity (Wildman–Crippen MR) is 147 cm³/mol. The van der Waals surface area contributed by atoms with Crippen LogP contribution in [0.1, 0.15) is 27.2 Å². The summed E-state index contributed by atoms with van der Waals surface area (Å²) in [6.07, 6.45) is 0. The van der Waals surface area contributed by atoms with E-state index in [1.807, 2.05) is 68.6 Å². The van der Waals surface area contributed by atoms with Crippen molar-refractivity contribution in [3.8, 4) is 5.69 Å². The Morgan fingerprint density at radius 3 is 1.84 bits per heavy atom. The quantitative estimate of drug-likeness (QED) is 0.420. The third kappa shape index (κ3) is 5.58. The second-order valence-electron chi connectivity index (χ2n) is 9.63. The summed E-state index contributed by atoms with van der Waals surface area (Å²) in [6, 6.07) is 27.7. The maximum absolute atomic E-state index is 13.1. The van der Waals surface area contributed by atoms with Gasteiger partial charge < -0.3 is 5.32 Å². The van der Waals surface area contributed by atoms with E-state index < -0.39 is 0 Å². The van der Waals surface area contributed by atoms with Gasteiger partial charge in [0.1, 0.15) is 5.69 Å². The van der Waals surface area contributed by atoms with Crippen molar-refractivity contribution in [1.29, 1.82) is 0 Å². The van der Waals surface area contributed by atoms with E-state index in [9.17, 15) is 9.59 Å². The van der Waals surface area contributed by atoms with Gasteiger partial charge >= 0.3 is 0 Å². The van der Waals surface area contributed by atoms with Gasteiger partial charge in [0.2, 0.25) is 0 Å². The van der Waals surface area contributed by atoms with Crippen molar-refractivity contribution in [2.45, 2.75) is 20.0 Å². The third-order valence-corrected chi connectivity index (χ3v) is 7.13. The second kappa shape index (κ2) is 11.0. The van der Waals surface area contributed by atoms with Crippen LogP contribution in [-0.4, -0.2) is 51.2 Å². The molecule has 0 atom stereocenters. The third-order valence-electron chi connectivity index (χ3n) is 7.13. The summed E-state index contributed by atoms with van der Waals surface area (Å²) in [5.74, 6) is -0.285. The van der Waals surface area contributed by atoms with Crippen LogP contribution in [0.5, 0.6) is 0 Å². The van der Waals surface area contributed by atoms with Crippen LogP contribution in [0.25, 0.3) is 5.69 Å². The van der Waals surface area contributed by atoms with Crippen molar-refractivity contribution in [3.63, 3.8) is 0 Å². The minimum Gasteiger partial charge on any atom is -0.316 e. The van der Waals surface area contributed by atoms with Crippen LogP contribution in [0.2, 0.25) is 0 Å². The first-order valence-corrected chi connectivity index (χ1v) is 12.7. The van der Waals surface area contributed by atoms with E-state index >= 15 is 0 Å². The van der Waals surface area contributed by atoms with Crippen molar-refractivity contribution in [3.05, 3.63) is 118 Å². The molecule has 0 saturated carbocycles. The molecular weight excluding hydrogens is 462 g/mol. The molecule has 1 amide bonds. The van der Waals surface area contributed by atoms with E-state index in [2.05, 4.69) is 45.4 Å². The van der Waals surface area contributed by atoms with Gasteiger partial charge in [0, 0.05) is 51.9 Å². The number of amides is 1. The zero-order valence-corrected chi connectivity index (χ0v) is 21.4. The van der Waals surface area contributed by atoms with E-state index in [1.54, 1.807) is 9.36 Å². The Kier molecular flexibility index (Phi) is 7.35. The van der Waals surface area contributed by atoms with E-state index in [0.29, 0.717) is 16.9 Å². The zero-order valence-electron chi connectivity index (χ0n) is 21.4. The number of hydrogen-bond donors (Lipinski definition) is 1. The molecule has 1 saturated heterocycles. The topological polar surface area (TPSA) is 62.5 Å². The molecule has 1 N–H and O–H groups in total. The molecule has 1 aromatic heterocycles. The lowest BCUT2D eigenvalue weighted by molar-refractivity contribution is 0.102. The molecule has 7 heteroatoms. The molecule has 190 valence electrons. The first-order chi connectivity index (χ1) is 18.0. The molecular formula is C30H33N5O2. The van der Waals surface area contributed by atoms with E-state index in [4.69, 9.17) is 0 Å². The number of carbonyl (C=O) groups is 1. The highest BCUT2D eigenvalue weighted by atomic mass is 16.2. The lowest BCUT2D eigenvalue weighted by atomic mass is 10.1. The van der Waals surface area contributed by atoms with Gasteiger partial charge in [0.15, 0.2) is 0 Å². The predicted octanol–water partition coefficient (Wildman–Crippen LogP) is 4.05. The number of anilines is 1. The van der Waals surface area contributed by atoms with Gasteiger partial charge in [-0.25, -0.2) is 4.68 Å². The van der Waals surface area contributed by atoms with Crippen molar-refractivity contribution in [2.75, 3.05) is 31.5 Å². The molecule has 3 aromatic carbocycles. The van der Waals surface area contributed by atoms with Crippen LogP contribution in [-0.2, 0) is 20.1 Å². The average Bonchev–Trinajstić information content (AvgIpc) is 3.14. The van der Waals surface area contributed by atoms with E-state index in [-0.39, 0.29) is 11.5 Å². The Morgan fingerprint density at radius 2 is 1.27 bits per heavy atom. The fourth-order valence-electron chi connectivity index (χ4n) is 4.86. The standard InChI is InChI=1S/C30H33N5O2/c1-23-28(30(37)35(32(23)2)27-11-7-4-8-12-27)31-29(36)26-15-13-25(14-16-26)22-34-19-17-33(18-20-34)21-24-9-5-3-6-10-24/h3-16H,17-22H2,1-2H3,(H,31,36). The fraction of sp³-hybridized carbons (Fsp3) is 0.267. The van der Waals surface area contributed by atoms with Crippen LogP contribution in [0, 0.1) is 6.92 Å². The number of piperazine rings is 1. The van der Waals surface area contributed by atoms with Gasteiger partial charge in [0.05, 0.1) is 11.4 Å². The minimum atomic E-state index is -0.285. The molecule has 37 heavy (non-hydrogen) atoms. The number of nitrogens with zero attached hydrogens (tertiary/aromatic N) is 4. The normalized spacial score (nSPS) is 14.5.